The average Bonchev–Trinajstić information content (AvgIpc) is 2.75. The van der Waals surface area contributed by atoms with Crippen LogP contribution in [0.1, 0.15) is 51.7 Å². The van der Waals surface area contributed by atoms with Gasteiger partial charge in [-0.25, -0.2) is 8.42 Å². The van der Waals surface area contributed by atoms with Gasteiger partial charge in [0.2, 0.25) is 21.8 Å². The normalized spacial score (nSPS) is 12.7. The molecular formula is C26H35Cl2N3O4S. The molecule has 7 nitrogen and oxygen atoms in total. The zero-order valence-corrected chi connectivity index (χ0v) is 24.0. The van der Waals surface area contributed by atoms with Crippen molar-refractivity contribution in [3.63, 3.8) is 0 Å². The molecule has 0 aliphatic carbocycles. The second kappa shape index (κ2) is 12.3. The van der Waals surface area contributed by atoms with Gasteiger partial charge in [0.1, 0.15) is 6.04 Å². The standard InChI is InChI=1S/C26H35Cl2N3O4S/c1-18-10-7-8-11-20(18)17-30(19(2)25(33)29-26(3,4)5)24(32)12-9-15-31(36(6,34)35)23-16-21(27)13-14-22(23)28/h7-8,10-11,13-14,16,19H,9,12,15,17H2,1-6H3,(H,29,33)/t19-/m1/s1. The van der Waals surface area contributed by atoms with Crippen LogP contribution in [0.25, 0.3) is 0 Å². The first-order chi connectivity index (χ1) is 16.6. The molecule has 10 heteroatoms. The largest absolute Gasteiger partial charge is 0.350 e. The van der Waals surface area contributed by atoms with E-state index in [0.29, 0.717) is 5.02 Å². The van der Waals surface area contributed by atoms with Gasteiger partial charge in [0.15, 0.2) is 0 Å². The first kappa shape index (κ1) is 29.9. The lowest BCUT2D eigenvalue weighted by Gasteiger charge is -2.32. The maximum atomic E-state index is 13.4. The van der Waals surface area contributed by atoms with Crippen molar-refractivity contribution in [3.05, 3.63) is 63.6 Å². The Kier molecular flexibility index (Phi) is 10.2. The second-order valence-electron chi connectivity index (χ2n) is 9.90. The highest BCUT2D eigenvalue weighted by atomic mass is 35.5. The van der Waals surface area contributed by atoms with E-state index in [1.165, 1.54) is 12.1 Å². The first-order valence-corrected chi connectivity index (χ1v) is 14.3. The summed E-state index contributed by atoms with van der Waals surface area (Å²) in [7, 11) is -3.68. The minimum atomic E-state index is -3.68. The summed E-state index contributed by atoms with van der Waals surface area (Å²) in [5.74, 6) is -0.506. The molecule has 2 rings (SSSR count). The molecule has 36 heavy (non-hydrogen) atoms. The third-order valence-electron chi connectivity index (χ3n) is 5.60. The number of amides is 2. The third kappa shape index (κ3) is 8.68. The van der Waals surface area contributed by atoms with Crippen LogP contribution >= 0.6 is 23.2 Å². The molecule has 198 valence electrons. The molecule has 1 N–H and O–H groups in total. The van der Waals surface area contributed by atoms with Gasteiger partial charge in [0.05, 0.1) is 17.0 Å². The molecule has 1 atom stereocenters. The maximum absolute atomic E-state index is 13.4. The van der Waals surface area contributed by atoms with Gasteiger partial charge in [-0.05, 0) is 70.4 Å². The second-order valence-corrected chi connectivity index (χ2v) is 12.6. The summed E-state index contributed by atoms with van der Waals surface area (Å²) in [6.45, 7) is 9.59. The number of halogens is 2. The van der Waals surface area contributed by atoms with Crippen LogP contribution in [0.4, 0.5) is 5.69 Å². The maximum Gasteiger partial charge on any atom is 0.242 e. The van der Waals surface area contributed by atoms with Crippen LogP contribution in [-0.4, -0.2) is 49.5 Å². The van der Waals surface area contributed by atoms with Gasteiger partial charge >= 0.3 is 0 Å². The molecule has 0 aliphatic rings. The van der Waals surface area contributed by atoms with Gasteiger partial charge in [-0.3, -0.25) is 13.9 Å². The molecule has 2 aromatic carbocycles. The Bertz CT molecular complexity index is 1200. The Hall–Kier alpha value is -2.29. The third-order valence-corrected chi connectivity index (χ3v) is 7.33. The van der Waals surface area contributed by atoms with Gasteiger partial charge in [0.25, 0.3) is 0 Å². The highest BCUT2D eigenvalue weighted by molar-refractivity contribution is 7.92. The summed E-state index contributed by atoms with van der Waals surface area (Å²) in [5.41, 5.74) is 1.76. The molecule has 0 aromatic heterocycles. The highest BCUT2D eigenvalue weighted by Crippen LogP contribution is 2.31. The first-order valence-electron chi connectivity index (χ1n) is 11.7. The minimum Gasteiger partial charge on any atom is -0.350 e. The lowest BCUT2D eigenvalue weighted by atomic mass is 10.1. The number of carbonyl (C=O) groups is 2. The van der Waals surface area contributed by atoms with Crippen molar-refractivity contribution in [1.82, 2.24) is 10.2 Å². The fourth-order valence-electron chi connectivity index (χ4n) is 3.69. The summed E-state index contributed by atoms with van der Waals surface area (Å²) in [6.07, 6.45) is 1.35. The van der Waals surface area contributed by atoms with Crippen molar-refractivity contribution in [1.29, 1.82) is 0 Å². The molecule has 0 fully saturated rings. The molecule has 0 aliphatic heterocycles. The Morgan fingerprint density at radius 3 is 2.31 bits per heavy atom. The Morgan fingerprint density at radius 1 is 1.08 bits per heavy atom. The molecule has 2 aromatic rings. The number of hydrogen-bond donors (Lipinski definition) is 1. The van der Waals surface area contributed by atoms with E-state index in [2.05, 4.69) is 5.32 Å². The molecule has 0 spiro atoms. The number of aryl methyl sites for hydroxylation is 1. The smallest absolute Gasteiger partial charge is 0.242 e. The minimum absolute atomic E-state index is 0.0331. The molecule has 0 bridgehead atoms. The number of hydrogen-bond acceptors (Lipinski definition) is 4. The number of nitrogens with one attached hydrogen (secondary N) is 1. The predicted octanol–water partition coefficient (Wildman–Crippen LogP) is 5.18. The molecular weight excluding hydrogens is 521 g/mol. The van der Waals surface area contributed by atoms with Crippen LogP contribution in [0.2, 0.25) is 10.0 Å². The zero-order valence-electron chi connectivity index (χ0n) is 21.6. The van der Waals surface area contributed by atoms with E-state index in [-0.39, 0.29) is 48.5 Å². The predicted molar refractivity (Wildman–Crippen MR) is 147 cm³/mol. The quantitative estimate of drug-likeness (QED) is 0.437. The number of nitrogens with zero attached hydrogens (tertiary/aromatic N) is 2. The summed E-state index contributed by atoms with van der Waals surface area (Å²) < 4.78 is 26.1. The van der Waals surface area contributed by atoms with Crippen molar-refractivity contribution < 1.29 is 18.0 Å². The van der Waals surface area contributed by atoms with E-state index >= 15 is 0 Å². The lowest BCUT2D eigenvalue weighted by molar-refractivity contribution is -0.141. The monoisotopic (exact) mass is 555 g/mol. The topological polar surface area (TPSA) is 86.8 Å². The van der Waals surface area contributed by atoms with Crippen molar-refractivity contribution in [2.24, 2.45) is 0 Å². The van der Waals surface area contributed by atoms with Gasteiger partial charge in [-0.15, -0.1) is 0 Å². The van der Waals surface area contributed by atoms with Gasteiger partial charge in [0, 0.05) is 30.1 Å². The zero-order chi connectivity index (χ0) is 27.3. The summed E-state index contributed by atoms with van der Waals surface area (Å²) in [6, 6.07) is 11.6. The fourth-order valence-corrected chi connectivity index (χ4v) is 5.09. The van der Waals surface area contributed by atoms with Gasteiger partial charge < -0.3 is 10.2 Å². The van der Waals surface area contributed by atoms with E-state index < -0.39 is 21.6 Å². The van der Waals surface area contributed by atoms with Crippen molar-refractivity contribution >= 4 is 50.7 Å². The van der Waals surface area contributed by atoms with E-state index in [9.17, 15) is 18.0 Å². The Labute approximate surface area is 224 Å². The number of carbonyl (C=O) groups excluding carboxylic acids is 2. The van der Waals surface area contributed by atoms with Crippen LogP contribution in [0.5, 0.6) is 0 Å². The molecule has 0 radical (unpaired) electrons. The number of benzene rings is 2. The van der Waals surface area contributed by atoms with Crippen molar-refractivity contribution in [2.75, 3.05) is 17.1 Å². The number of sulfonamides is 1. The summed E-state index contributed by atoms with van der Waals surface area (Å²) in [5, 5.41) is 3.52. The van der Waals surface area contributed by atoms with Crippen LogP contribution in [0.3, 0.4) is 0 Å². The van der Waals surface area contributed by atoms with E-state index in [0.717, 1.165) is 21.7 Å². The van der Waals surface area contributed by atoms with Crippen LogP contribution < -0.4 is 9.62 Å². The van der Waals surface area contributed by atoms with Crippen molar-refractivity contribution in [2.45, 2.75) is 65.6 Å². The molecule has 0 unspecified atom stereocenters. The van der Waals surface area contributed by atoms with Gasteiger partial charge in [-0.2, -0.15) is 0 Å². The van der Waals surface area contributed by atoms with Crippen LogP contribution in [0, 0.1) is 6.92 Å². The van der Waals surface area contributed by atoms with E-state index in [1.54, 1.807) is 17.9 Å². The van der Waals surface area contributed by atoms with Crippen LogP contribution in [-0.2, 0) is 26.2 Å². The Morgan fingerprint density at radius 2 is 1.72 bits per heavy atom. The number of anilines is 1. The summed E-state index contributed by atoms with van der Waals surface area (Å²) in [4.78, 5) is 27.9. The Balaban J connectivity index is 2.24. The lowest BCUT2D eigenvalue weighted by Crippen LogP contribution is -2.52. The van der Waals surface area contributed by atoms with Gasteiger partial charge in [-0.1, -0.05) is 47.5 Å². The van der Waals surface area contributed by atoms with Crippen molar-refractivity contribution in [3.8, 4) is 0 Å². The molecule has 2 amide bonds. The highest BCUT2D eigenvalue weighted by Gasteiger charge is 2.29. The molecule has 0 saturated heterocycles. The van der Waals surface area contributed by atoms with Crippen LogP contribution in [0.15, 0.2) is 42.5 Å². The summed E-state index contributed by atoms with van der Waals surface area (Å²) >= 11 is 12.3. The average molecular weight is 557 g/mol. The molecule has 0 heterocycles. The number of rotatable bonds is 10. The van der Waals surface area contributed by atoms with E-state index in [1.807, 2.05) is 52.0 Å². The SMILES string of the molecule is Cc1ccccc1CN(C(=O)CCCN(c1cc(Cl)ccc1Cl)S(C)(=O)=O)[C@H](C)C(=O)NC(C)(C)C. The van der Waals surface area contributed by atoms with E-state index in [4.69, 9.17) is 23.2 Å². The fraction of sp³-hybridized carbons (Fsp3) is 0.462. The molecule has 0 saturated carbocycles.